The van der Waals surface area contributed by atoms with E-state index in [9.17, 15) is 9.59 Å². The molecule has 0 aromatic carbocycles. The fraction of sp³-hybridized carbons (Fsp3) is 0.200. The second kappa shape index (κ2) is 2.83. The number of allylic oxidation sites excluding steroid dienone is 10. The molecule has 0 unspecified atom stereocenters. The highest BCUT2D eigenvalue weighted by atomic mass is 16.1. The first kappa shape index (κ1) is 9.11. The second-order valence-electron chi connectivity index (χ2n) is 4.77. The molecule has 0 aromatic rings. The SMILES string of the molecule is O=C1C2=C(C=CC2)C(=O)C2=C1CC1=CCC=C12. The molecule has 2 heteroatoms. The van der Waals surface area contributed by atoms with Gasteiger partial charge in [0.25, 0.3) is 0 Å². The zero-order chi connectivity index (χ0) is 11.6. The van der Waals surface area contributed by atoms with E-state index in [0.717, 1.165) is 17.6 Å². The van der Waals surface area contributed by atoms with Gasteiger partial charge in [-0.2, -0.15) is 0 Å². The van der Waals surface area contributed by atoms with Crippen LogP contribution in [0.4, 0.5) is 0 Å². The lowest BCUT2D eigenvalue weighted by Crippen LogP contribution is -2.19. The molecule has 0 amide bonds. The normalized spacial score (nSPS) is 25.2. The van der Waals surface area contributed by atoms with E-state index in [1.807, 2.05) is 6.08 Å². The van der Waals surface area contributed by atoms with Crippen LogP contribution in [0.1, 0.15) is 19.3 Å². The lowest BCUT2D eigenvalue weighted by Gasteiger charge is -2.15. The Bertz CT molecular complexity index is 648. The van der Waals surface area contributed by atoms with Gasteiger partial charge in [-0.1, -0.05) is 24.3 Å². The molecule has 0 spiro atoms. The standard InChI is InChI=1S/C15H10O2/c16-14-10-5-2-6-11(10)15(17)13-9-4-1-3-8(9)7-12(13)14/h2-4,6H,1,5,7H2. The maximum Gasteiger partial charge on any atom is 0.194 e. The molecule has 17 heavy (non-hydrogen) atoms. The highest BCUT2D eigenvalue weighted by Crippen LogP contribution is 2.46. The first-order chi connectivity index (χ1) is 8.27. The summed E-state index contributed by atoms with van der Waals surface area (Å²) < 4.78 is 0. The molecule has 0 heterocycles. The number of Topliss-reactive ketones (excluding diaryl/α,β-unsaturated/α-hetero) is 2. The van der Waals surface area contributed by atoms with Crippen molar-refractivity contribution in [2.24, 2.45) is 0 Å². The lowest BCUT2D eigenvalue weighted by atomic mass is 9.85. The summed E-state index contributed by atoms with van der Waals surface area (Å²) in [6, 6.07) is 0. The number of hydrogen-bond donors (Lipinski definition) is 0. The fourth-order valence-corrected chi connectivity index (χ4v) is 3.13. The van der Waals surface area contributed by atoms with E-state index >= 15 is 0 Å². The first-order valence-electron chi connectivity index (χ1n) is 5.89. The van der Waals surface area contributed by atoms with Crippen LogP contribution in [0.25, 0.3) is 0 Å². The number of carbonyl (C=O) groups excluding carboxylic acids is 2. The van der Waals surface area contributed by atoms with Crippen LogP contribution in [0.3, 0.4) is 0 Å². The van der Waals surface area contributed by atoms with Crippen LogP contribution in [0.2, 0.25) is 0 Å². The van der Waals surface area contributed by atoms with Gasteiger partial charge in [0.1, 0.15) is 0 Å². The summed E-state index contributed by atoms with van der Waals surface area (Å²) in [6.45, 7) is 0. The Morgan fingerprint density at radius 2 is 1.88 bits per heavy atom. The maximum absolute atomic E-state index is 12.4. The van der Waals surface area contributed by atoms with Gasteiger partial charge in [0.15, 0.2) is 11.6 Å². The molecule has 82 valence electrons. The van der Waals surface area contributed by atoms with Gasteiger partial charge in [-0.3, -0.25) is 9.59 Å². The minimum absolute atomic E-state index is 0.0555. The zero-order valence-corrected chi connectivity index (χ0v) is 9.25. The van der Waals surface area contributed by atoms with Crippen molar-refractivity contribution in [1.82, 2.24) is 0 Å². The van der Waals surface area contributed by atoms with E-state index < -0.39 is 0 Å². The van der Waals surface area contributed by atoms with Gasteiger partial charge in [0.05, 0.1) is 0 Å². The van der Waals surface area contributed by atoms with Crippen LogP contribution in [0, 0.1) is 0 Å². The van der Waals surface area contributed by atoms with Crippen LogP contribution >= 0.6 is 0 Å². The largest absolute Gasteiger partial charge is 0.289 e. The topological polar surface area (TPSA) is 34.1 Å². The number of carbonyl (C=O) groups is 2. The van der Waals surface area contributed by atoms with Crippen molar-refractivity contribution in [2.45, 2.75) is 19.3 Å². The van der Waals surface area contributed by atoms with E-state index in [-0.39, 0.29) is 11.6 Å². The third-order valence-corrected chi connectivity index (χ3v) is 3.92. The zero-order valence-electron chi connectivity index (χ0n) is 9.25. The van der Waals surface area contributed by atoms with Crippen molar-refractivity contribution < 1.29 is 9.59 Å². The van der Waals surface area contributed by atoms with Gasteiger partial charge in [0, 0.05) is 28.7 Å². The van der Waals surface area contributed by atoms with Gasteiger partial charge >= 0.3 is 0 Å². The van der Waals surface area contributed by atoms with E-state index in [2.05, 4.69) is 12.2 Å². The molecule has 0 aromatic heterocycles. The third-order valence-electron chi connectivity index (χ3n) is 3.92. The van der Waals surface area contributed by atoms with E-state index in [1.165, 1.54) is 5.57 Å². The van der Waals surface area contributed by atoms with Crippen molar-refractivity contribution in [3.8, 4) is 0 Å². The Hall–Kier alpha value is -1.96. The Labute approximate surface area is 98.7 Å². The maximum atomic E-state index is 12.4. The van der Waals surface area contributed by atoms with E-state index in [4.69, 9.17) is 0 Å². The molecule has 0 N–H and O–H groups in total. The summed E-state index contributed by atoms with van der Waals surface area (Å²) in [7, 11) is 0. The molecule has 2 nitrogen and oxygen atoms in total. The summed E-state index contributed by atoms with van der Waals surface area (Å²) in [5.41, 5.74) is 4.93. The van der Waals surface area contributed by atoms with Crippen molar-refractivity contribution in [3.05, 3.63) is 57.7 Å². The molecule has 4 aliphatic carbocycles. The fourth-order valence-electron chi connectivity index (χ4n) is 3.13. The number of ketones is 2. The smallest absolute Gasteiger partial charge is 0.194 e. The average Bonchev–Trinajstić information content (AvgIpc) is 2.99. The lowest BCUT2D eigenvalue weighted by molar-refractivity contribution is -0.116. The minimum Gasteiger partial charge on any atom is -0.289 e. The molecule has 4 aliphatic rings. The summed E-state index contributed by atoms with van der Waals surface area (Å²) in [5.74, 6) is 0.149. The van der Waals surface area contributed by atoms with Crippen LogP contribution in [-0.2, 0) is 9.59 Å². The molecule has 0 aliphatic heterocycles. The monoisotopic (exact) mass is 222 g/mol. The summed E-state index contributed by atoms with van der Waals surface area (Å²) >= 11 is 0. The first-order valence-corrected chi connectivity index (χ1v) is 5.89. The van der Waals surface area contributed by atoms with Crippen LogP contribution in [0.5, 0.6) is 0 Å². The average molecular weight is 222 g/mol. The van der Waals surface area contributed by atoms with Crippen molar-refractivity contribution in [2.75, 3.05) is 0 Å². The highest BCUT2D eigenvalue weighted by molar-refractivity contribution is 6.30. The molecule has 0 saturated heterocycles. The predicted molar refractivity (Wildman–Crippen MR) is 63.2 cm³/mol. The Morgan fingerprint density at radius 3 is 2.76 bits per heavy atom. The quantitative estimate of drug-likeness (QED) is 0.589. The molecule has 0 bridgehead atoms. The number of fused-ring (bicyclic) bond motifs is 2. The molecular weight excluding hydrogens is 212 g/mol. The van der Waals surface area contributed by atoms with Crippen LogP contribution < -0.4 is 0 Å². The van der Waals surface area contributed by atoms with Gasteiger partial charge in [-0.05, 0) is 24.0 Å². The minimum atomic E-state index is 0.0555. The van der Waals surface area contributed by atoms with Crippen LogP contribution in [0.15, 0.2) is 57.7 Å². The van der Waals surface area contributed by atoms with Gasteiger partial charge < -0.3 is 0 Å². The van der Waals surface area contributed by atoms with Gasteiger partial charge in [-0.25, -0.2) is 0 Å². The van der Waals surface area contributed by atoms with E-state index in [1.54, 1.807) is 6.08 Å². The highest BCUT2D eigenvalue weighted by Gasteiger charge is 2.41. The molecule has 0 fully saturated rings. The van der Waals surface area contributed by atoms with E-state index in [0.29, 0.717) is 29.6 Å². The van der Waals surface area contributed by atoms with Crippen molar-refractivity contribution in [1.29, 1.82) is 0 Å². The van der Waals surface area contributed by atoms with Crippen molar-refractivity contribution in [3.63, 3.8) is 0 Å². The summed E-state index contributed by atoms with van der Waals surface area (Å²) in [6.07, 6.45) is 10.1. The Kier molecular flexibility index (Phi) is 1.52. The van der Waals surface area contributed by atoms with Gasteiger partial charge in [-0.15, -0.1) is 0 Å². The second-order valence-corrected chi connectivity index (χ2v) is 4.77. The summed E-state index contributed by atoms with van der Waals surface area (Å²) in [5, 5.41) is 0. The summed E-state index contributed by atoms with van der Waals surface area (Å²) in [4.78, 5) is 24.7. The number of hydrogen-bond acceptors (Lipinski definition) is 2. The van der Waals surface area contributed by atoms with Gasteiger partial charge in [0.2, 0.25) is 0 Å². The van der Waals surface area contributed by atoms with Crippen LogP contribution in [-0.4, -0.2) is 11.6 Å². The molecule has 4 rings (SSSR count). The number of rotatable bonds is 0. The predicted octanol–water partition coefficient (Wildman–Crippen LogP) is 2.35. The molecule has 0 radical (unpaired) electrons. The molecular formula is C15H10O2. The molecule has 0 saturated carbocycles. The van der Waals surface area contributed by atoms with Crippen molar-refractivity contribution >= 4 is 11.6 Å². The Morgan fingerprint density at radius 1 is 1.00 bits per heavy atom. The third kappa shape index (κ3) is 0.960. The molecule has 0 atom stereocenters. The Balaban J connectivity index is 1.95.